The standard InChI is InChI=1S/C23H25NO2S2/c1-3-9-17(23(25)26)19-14(2)24-20-16-12-7-8-13-18(16)28-22(20)21(19)27-15-10-5-4-6-11-15/h4-6,10-12,17-18H,3,7-9,13H2,1-2H3,(H,25,26). The normalized spacial score (nSPS) is 18.9. The molecule has 1 N–H and O–H groups in total. The lowest BCUT2D eigenvalue weighted by Gasteiger charge is -2.21. The van der Waals surface area contributed by atoms with E-state index in [-0.39, 0.29) is 0 Å². The first kappa shape index (κ1) is 19.6. The maximum absolute atomic E-state index is 12.1. The molecule has 0 saturated carbocycles. The second-order valence-corrected chi connectivity index (χ2v) is 9.71. The Morgan fingerprint density at radius 3 is 2.86 bits per heavy atom. The van der Waals surface area contributed by atoms with Crippen molar-refractivity contribution in [2.45, 2.75) is 71.8 Å². The van der Waals surface area contributed by atoms with Crippen molar-refractivity contribution in [2.24, 2.45) is 0 Å². The fourth-order valence-corrected chi connectivity index (χ4v) is 6.92. The first-order chi connectivity index (χ1) is 13.6. The Morgan fingerprint density at radius 1 is 1.36 bits per heavy atom. The molecule has 2 aromatic rings. The SMILES string of the molecule is CCCC(C(=O)O)c1c(C)nc2c(c1Sc1ccccc1)SC1CCCC=C21. The van der Waals surface area contributed by atoms with Gasteiger partial charge in [0.15, 0.2) is 0 Å². The zero-order valence-electron chi connectivity index (χ0n) is 16.3. The molecule has 0 spiro atoms. The molecule has 0 radical (unpaired) electrons. The average molecular weight is 412 g/mol. The van der Waals surface area contributed by atoms with E-state index >= 15 is 0 Å². The first-order valence-corrected chi connectivity index (χ1v) is 11.7. The van der Waals surface area contributed by atoms with Crippen LogP contribution in [0.25, 0.3) is 5.57 Å². The van der Waals surface area contributed by atoms with Crippen molar-refractivity contribution in [3.05, 3.63) is 53.4 Å². The molecule has 2 aliphatic rings. The van der Waals surface area contributed by atoms with Crippen LogP contribution in [0.4, 0.5) is 0 Å². The summed E-state index contributed by atoms with van der Waals surface area (Å²) in [6.07, 6.45) is 7.32. The van der Waals surface area contributed by atoms with Crippen molar-refractivity contribution in [3.63, 3.8) is 0 Å². The summed E-state index contributed by atoms with van der Waals surface area (Å²) in [6, 6.07) is 10.3. The van der Waals surface area contributed by atoms with Crippen molar-refractivity contribution in [1.29, 1.82) is 0 Å². The van der Waals surface area contributed by atoms with E-state index in [0.29, 0.717) is 11.7 Å². The van der Waals surface area contributed by atoms with Crippen LogP contribution in [0, 0.1) is 6.92 Å². The molecule has 1 aliphatic heterocycles. The van der Waals surface area contributed by atoms with Gasteiger partial charge in [-0.2, -0.15) is 0 Å². The minimum absolute atomic E-state index is 0.468. The number of rotatable bonds is 6. The van der Waals surface area contributed by atoms with Crippen molar-refractivity contribution >= 4 is 35.1 Å². The van der Waals surface area contributed by atoms with Crippen LogP contribution in [-0.4, -0.2) is 21.3 Å². The number of aryl methyl sites for hydroxylation is 1. The number of aliphatic carboxylic acids is 1. The number of aromatic nitrogens is 1. The number of thioether (sulfide) groups is 1. The van der Waals surface area contributed by atoms with Crippen LogP contribution < -0.4 is 0 Å². The highest BCUT2D eigenvalue weighted by molar-refractivity contribution is 8.03. The van der Waals surface area contributed by atoms with Crippen LogP contribution in [-0.2, 0) is 4.79 Å². The molecular formula is C23H25NO2S2. The fourth-order valence-electron chi connectivity index (χ4n) is 4.14. The quantitative estimate of drug-likeness (QED) is 0.584. The van der Waals surface area contributed by atoms with E-state index in [1.807, 2.05) is 43.8 Å². The average Bonchev–Trinajstić information content (AvgIpc) is 3.06. The molecule has 28 heavy (non-hydrogen) atoms. The van der Waals surface area contributed by atoms with Gasteiger partial charge in [-0.3, -0.25) is 9.78 Å². The lowest BCUT2D eigenvalue weighted by atomic mass is 9.91. The molecule has 146 valence electrons. The lowest BCUT2D eigenvalue weighted by molar-refractivity contribution is -0.139. The number of hydrogen-bond donors (Lipinski definition) is 1. The van der Waals surface area contributed by atoms with Crippen LogP contribution in [0.1, 0.15) is 61.9 Å². The molecule has 2 heterocycles. The molecule has 5 heteroatoms. The Labute approximate surface area is 175 Å². The number of carbonyl (C=O) groups is 1. The summed E-state index contributed by atoms with van der Waals surface area (Å²) in [5.41, 5.74) is 4.23. The predicted octanol–water partition coefficient (Wildman–Crippen LogP) is 6.55. The van der Waals surface area contributed by atoms with E-state index in [1.54, 1.807) is 11.8 Å². The minimum Gasteiger partial charge on any atom is -0.481 e. The maximum atomic E-state index is 12.1. The van der Waals surface area contributed by atoms with Crippen LogP contribution in [0.2, 0.25) is 0 Å². The Bertz CT molecular complexity index is 924. The van der Waals surface area contributed by atoms with Crippen molar-refractivity contribution in [3.8, 4) is 0 Å². The number of nitrogens with zero attached hydrogens (tertiary/aromatic N) is 1. The van der Waals surface area contributed by atoms with Gasteiger partial charge in [0.2, 0.25) is 0 Å². The van der Waals surface area contributed by atoms with Crippen molar-refractivity contribution in [2.75, 3.05) is 0 Å². The first-order valence-electron chi connectivity index (χ1n) is 9.97. The molecule has 0 amide bonds. The van der Waals surface area contributed by atoms with Crippen LogP contribution >= 0.6 is 23.5 Å². The third-order valence-electron chi connectivity index (χ3n) is 5.44. The summed E-state index contributed by atoms with van der Waals surface area (Å²) in [7, 11) is 0. The summed E-state index contributed by atoms with van der Waals surface area (Å²) < 4.78 is 0. The molecule has 3 nitrogen and oxygen atoms in total. The molecule has 1 aromatic heterocycles. The summed E-state index contributed by atoms with van der Waals surface area (Å²) in [6.45, 7) is 4.03. The molecule has 2 atom stereocenters. The van der Waals surface area contributed by atoms with Crippen molar-refractivity contribution < 1.29 is 9.90 Å². The number of benzene rings is 1. The third kappa shape index (κ3) is 3.62. The Hall–Kier alpha value is -1.72. The van der Waals surface area contributed by atoms with Gasteiger partial charge in [-0.05, 0) is 50.3 Å². The molecule has 1 aromatic carbocycles. The smallest absolute Gasteiger partial charge is 0.311 e. The molecule has 0 saturated heterocycles. The maximum Gasteiger partial charge on any atom is 0.311 e. The second-order valence-electron chi connectivity index (χ2n) is 7.41. The molecule has 2 unspecified atom stereocenters. The van der Waals surface area contributed by atoms with Gasteiger partial charge in [-0.1, -0.05) is 49.4 Å². The van der Waals surface area contributed by atoms with Crippen LogP contribution in [0.15, 0.2) is 51.1 Å². The van der Waals surface area contributed by atoms with Crippen molar-refractivity contribution in [1.82, 2.24) is 4.98 Å². The number of carboxylic acids is 1. The summed E-state index contributed by atoms with van der Waals surface area (Å²) >= 11 is 3.59. The van der Waals surface area contributed by atoms with E-state index in [0.717, 1.165) is 39.6 Å². The van der Waals surface area contributed by atoms with E-state index in [2.05, 4.69) is 18.2 Å². The topological polar surface area (TPSA) is 50.2 Å². The van der Waals surface area contributed by atoms with E-state index in [9.17, 15) is 9.90 Å². The monoisotopic (exact) mass is 411 g/mol. The van der Waals surface area contributed by atoms with Gasteiger partial charge in [0.05, 0.1) is 11.6 Å². The number of carboxylic acid groups (broad SMARTS) is 1. The van der Waals surface area contributed by atoms with Gasteiger partial charge < -0.3 is 5.11 Å². The molecule has 0 fully saturated rings. The van der Waals surface area contributed by atoms with Gasteiger partial charge in [-0.25, -0.2) is 0 Å². The molecule has 1 aliphatic carbocycles. The van der Waals surface area contributed by atoms with Crippen LogP contribution in [0.3, 0.4) is 0 Å². The lowest BCUT2D eigenvalue weighted by Crippen LogP contribution is -2.15. The van der Waals surface area contributed by atoms with E-state index in [4.69, 9.17) is 4.98 Å². The summed E-state index contributed by atoms with van der Waals surface area (Å²) in [5.74, 6) is -1.26. The van der Waals surface area contributed by atoms with E-state index < -0.39 is 11.9 Å². The molecule has 0 bridgehead atoms. The summed E-state index contributed by atoms with van der Waals surface area (Å²) in [4.78, 5) is 20.5. The van der Waals surface area contributed by atoms with Gasteiger partial charge in [0.25, 0.3) is 0 Å². The Morgan fingerprint density at radius 2 is 2.14 bits per heavy atom. The highest BCUT2D eigenvalue weighted by Crippen LogP contribution is 2.54. The molecular weight excluding hydrogens is 386 g/mol. The number of pyridine rings is 1. The van der Waals surface area contributed by atoms with E-state index in [1.165, 1.54) is 23.3 Å². The largest absolute Gasteiger partial charge is 0.481 e. The van der Waals surface area contributed by atoms with Gasteiger partial charge in [0.1, 0.15) is 0 Å². The molecule has 4 rings (SSSR count). The zero-order chi connectivity index (χ0) is 19.7. The van der Waals surface area contributed by atoms with Gasteiger partial charge in [-0.15, -0.1) is 11.8 Å². The third-order valence-corrected chi connectivity index (χ3v) is 8.11. The van der Waals surface area contributed by atoms with Gasteiger partial charge in [0, 0.05) is 31.2 Å². The van der Waals surface area contributed by atoms with Crippen LogP contribution in [0.5, 0.6) is 0 Å². The number of hydrogen-bond acceptors (Lipinski definition) is 4. The Kier molecular flexibility index (Phi) is 5.83. The highest BCUT2D eigenvalue weighted by Gasteiger charge is 2.36. The fraction of sp³-hybridized carbons (Fsp3) is 0.391. The number of allylic oxidation sites excluding steroid dienone is 1. The Balaban J connectivity index is 1.90. The number of fused-ring (bicyclic) bond motifs is 3. The predicted molar refractivity (Wildman–Crippen MR) is 116 cm³/mol. The highest BCUT2D eigenvalue weighted by atomic mass is 32.2. The van der Waals surface area contributed by atoms with Gasteiger partial charge >= 0.3 is 5.97 Å². The zero-order valence-corrected chi connectivity index (χ0v) is 17.9. The summed E-state index contributed by atoms with van der Waals surface area (Å²) in [5, 5.41) is 10.4. The second kappa shape index (κ2) is 8.34. The minimum atomic E-state index is -0.749.